The minimum Gasteiger partial charge on any atom is -0.361 e. The third-order valence-electron chi connectivity index (χ3n) is 3.70. The van der Waals surface area contributed by atoms with Crippen LogP contribution in [0.5, 0.6) is 0 Å². The molecular weight excluding hydrogens is 372 g/mol. The summed E-state index contributed by atoms with van der Waals surface area (Å²) in [6.45, 7) is 4.24. The molecule has 0 aliphatic heterocycles. The molecule has 7 heteroatoms. The zero-order chi connectivity index (χ0) is 17.1. The molecule has 3 rings (SSSR count). The largest absolute Gasteiger partial charge is 0.361 e. The monoisotopic (exact) mass is 388 g/mol. The highest BCUT2D eigenvalue weighted by atomic mass is 79.9. The number of anilines is 1. The van der Waals surface area contributed by atoms with E-state index in [-0.39, 0.29) is 5.91 Å². The van der Waals surface area contributed by atoms with Gasteiger partial charge in [-0.3, -0.25) is 4.79 Å². The predicted molar refractivity (Wildman–Crippen MR) is 94.0 cm³/mol. The summed E-state index contributed by atoms with van der Waals surface area (Å²) in [7, 11) is 0. The Morgan fingerprint density at radius 1 is 1.29 bits per heavy atom. The van der Waals surface area contributed by atoms with Crippen LogP contribution < -0.4 is 5.32 Å². The number of carbonyl (C=O) groups excluding carboxylic acids is 1. The number of halogens is 1. The maximum absolute atomic E-state index is 12.6. The second-order valence-corrected chi connectivity index (χ2v) is 6.28. The fourth-order valence-electron chi connectivity index (χ4n) is 2.46. The van der Waals surface area contributed by atoms with Gasteiger partial charge in [0.1, 0.15) is 17.1 Å². The second kappa shape index (κ2) is 7.00. The van der Waals surface area contributed by atoms with E-state index in [1.807, 2.05) is 31.2 Å². The van der Waals surface area contributed by atoms with Crippen LogP contribution in [0.15, 0.2) is 45.5 Å². The first-order valence-electron chi connectivity index (χ1n) is 7.61. The SMILES string of the molecule is CCc1noc(C)c1C(=O)Nc1ccnn1Cc1ccc(Br)cc1. The summed E-state index contributed by atoms with van der Waals surface area (Å²) in [4.78, 5) is 12.6. The van der Waals surface area contributed by atoms with Gasteiger partial charge in [0.25, 0.3) is 5.91 Å². The molecule has 0 spiro atoms. The Morgan fingerprint density at radius 2 is 2.04 bits per heavy atom. The molecule has 0 radical (unpaired) electrons. The molecule has 0 fully saturated rings. The van der Waals surface area contributed by atoms with Gasteiger partial charge < -0.3 is 9.84 Å². The summed E-state index contributed by atoms with van der Waals surface area (Å²) >= 11 is 3.42. The van der Waals surface area contributed by atoms with Crippen molar-refractivity contribution in [2.24, 2.45) is 0 Å². The topological polar surface area (TPSA) is 73.0 Å². The fourth-order valence-corrected chi connectivity index (χ4v) is 2.72. The van der Waals surface area contributed by atoms with Crippen molar-refractivity contribution >= 4 is 27.7 Å². The Balaban J connectivity index is 1.79. The van der Waals surface area contributed by atoms with Gasteiger partial charge >= 0.3 is 0 Å². The summed E-state index contributed by atoms with van der Waals surface area (Å²) in [5.41, 5.74) is 2.24. The number of amides is 1. The third-order valence-corrected chi connectivity index (χ3v) is 4.23. The summed E-state index contributed by atoms with van der Waals surface area (Å²) in [5.74, 6) is 0.914. The number of aromatic nitrogens is 3. The number of nitrogens with one attached hydrogen (secondary N) is 1. The highest BCUT2D eigenvalue weighted by molar-refractivity contribution is 9.10. The van der Waals surface area contributed by atoms with Gasteiger partial charge in [0.05, 0.1) is 18.4 Å². The van der Waals surface area contributed by atoms with Gasteiger partial charge in [-0.15, -0.1) is 0 Å². The minimum absolute atomic E-state index is 0.233. The van der Waals surface area contributed by atoms with Crippen LogP contribution in [-0.4, -0.2) is 20.8 Å². The maximum atomic E-state index is 12.6. The molecular formula is C17H17BrN4O2. The quantitative estimate of drug-likeness (QED) is 0.721. The van der Waals surface area contributed by atoms with E-state index in [0.29, 0.717) is 35.8 Å². The number of nitrogens with zero attached hydrogens (tertiary/aromatic N) is 3. The van der Waals surface area contributed by atoms with E-state index in [2.05, 4.69) is 31.5 Å². The Bertz CT molecular complexity index is 852. The van der Waals surface area contributed by atoms with Crippen LogP contribution >= 0.6 is 15.9 Å². The van der Waals surface area contributed by atoms with Crippen molar-refractivity contribution in [1.82, 2.24) is 14.9 Å². The van der Waals surface area contributed by atoms with Gasteiger partial charge in [-0.05, 0) is 31.0 Å². The van der Waals surface area contributed by atoms with Gasteiger partial charge in [0.2, 0.25) is 0 Å². The normalized spacial score (nSPS) is 10.8. The molecule has 0 aliphatic rings. The van der Waals surface area contributed by atoms with E-state index in [1.165, 1.54) is 0 Å². The lowest BCUT2D eigenvalue weighted by atomic mass is 10.1. The highest BCUT2D eigenvalue weighted by Gasteiger charge is 2.20. The van der Waals surface area contributed by atoms with E-state index in [9.17, 15) is 4.79 Å². The molecule has 2 aromatic heterocycles. The van der Waals surface area contributed by atoms with Crippen LogP contribution in [0.4, 0.5) is 5.82 Å². The van der Waals surface area contributed by atoms with Crippen molar-refractivity contribution in [2.75, 3.05) is 5.32 Å². The van der Waals surface area contributed by atoms with Crippen molar-refractivity contribution in [2.45, 2.75) is 26.8 Å². The Labute approximate surface area is 148 Å². The van der Waals surface area contributed by atoms with Crippen molar-refractivity contribution in [3.05, 3.63) is 63.6 Å². The first-order valence-corrected chi connectivity index (χ1v) is 8.40. The Hall–Kier alpha value is -2.41. The molecule has 2 heterocycles. The number of aryl methyl sites for hydroxylation is 2. The second-order valence-electron chi connectivity index (χ2n) is 5.37. The molecule has 24 heavy (non-hydrogen) atoms. The summed E-state index contributed by atoms with van der Waals surface area (Å²) < 4.78 is 7.90. The maximum Gasteiger partial charge on any atom is 0.262 e. The van der Waals surface area contributed by atoms with E-state index in [0.717, 1.165) is 10.0 Å². The standard InChI is InChI=1S/C17H17BrN4O2/c1-3-14-16(11(2)24-21-14)17(23)20-15-8-9-19-22(15)10-12-4-6-13(18)7-5-12/h4-9H,3,10H2,1-2H3,(H,20,23). The van der Waals surface area contributed by atoms with Crippen molar-refractivity contribution in [3.8, 4) is 0 Å². The molecule has 0 atom stereocenters. The van der Waals surface area contributed by atoms with Crippen LogP contribution in [0.25, 0.3) is 0 Å². The van der Waals surface area contributed by atoms with E-state index >= 15 is 0 Å². The molecule has 1 amide bonds. The molecule has 6 nitrogen and oxygen atoms in total. The summed E-state index contributed by atoms with van der Waals surface area (Å²) in [6.07, 6.45) is 2.30. The lowest BCUT2D eigenvalue weighted by Gasteiger charge is -2.09. The van der Waals surface area contributed by atoms with Gasteiger partial charge in [0, 0.05) is 10.5 Å². The van der Waals surface area contributed by atoms with Crippen LogP contribution in [0.2, 0.25) is 0 Å². The van der Waals surface area contributed by atoms with Gasteiger partial charge in [-0.1, -0.05) is 40.1 Å². The average Bonchev–Trinajstić information content (AvgIpc) is 3.16. The summed E-state index contributed by atoms with van der Waals surface area (Å²) in [6, 6.07) is 9.74. The zero-order valence-corrected chi connectivity index (χ0v) is 15.0. The first kappa shape index (κ1) is 16.4. The van der Waals surface area contributed by atoms with Crippen LogP contribution in [0.3, 0.4) is 0 Å². The Kier molecular flexibility index (Phi) is 4.80. The Morgan fingerprint density at radius 3 is 2.75 bits per heavy atom. The van der Waals surface area contributed by atoms with Gasteiger partial charge in [-0.25, -0.2) is 4.68 Å². The lowest BCUT2D eigenvalue weighted by molar-refractivity contribution is 0.102. The molecule has 0 bridgehead atoms. The number of rotatable bonds is 5. The van der Waals surface area contributed by atoms with Crippen LogP contribution in [0.1, 0.15) is 34.3 Å². The third kappa shape index (κ3) is 3.41. The first-order chi connectivity index (χ1) is 11.6. The zero-order valence-electron chi connectivity index (χ0n) is 13.4. The predicted octanol–water partition coefficient (Wildman–Crippen LogP) is 3.81. The molecule has 124 valence electrons. The van der Waals surface area contributed by atoms with Crippen molar-refractivity contribution in [1.29, 1.82) is 0 Å². The highest BCUT2D eigenvalue weighted by Crippen LogP contribution is 2.18. The molecule has 3 aromatic rings. The molecule has 0 saturated carbocycles. The van der Waals surface area contributed by atoms with Gasteiger partial charge in [0.15, 0.2) is 0 Å². The molecule has 0 unspecified atom stereocenters. The van der Waals surface area contributed by atoms with Crippen molar-refractivity contribution in [3.63, 3.8) is 0 Å². The van der Waals surface area contributed by atoms with E-state index < -0.39 is 0 Å². The van der Waals surface area contributed by atoms with Gasteiger partial charge in [-0.2, -0.15) is 5.10 Å². The average molecular weight is 389 g/mol. The van der Waals surface area contributed by atoms with Crippen LogP contribution in [0, 0.1) is 6.92 Å². The molecule has 0 aliphatic carbocycles. The molecule has 1 aromatic carbocycles. The van der Waals surface area contributed by atoms with E-state index in [4.69, 9.17) is 4.52 Å². The van der Waals surface area contributed by atoms with Crippen LogP contribution in [-0.2, 0) is 13.0 Å². The van der Waals surface area contributed by atoms with E-state index in [1.54, 1.807) is 23.9 Å². The lowest BCUT2D eigenvalue weighted by Crippen LogP contribution is -2.17. The smallest absolute Gasteiger partial charge is 0.262 e. The number of hydrogen-bond donors (Lipinski definition) is 1. The van der Waals surface area contributed by atoms with Crippen molar-refractivity contribution < 1.29 is 9.32 Å². The molecule has 0 saturated heterocycles. The number of hydrogen-bond acceptors (Lipinski definition) is 4. The summed E-state index contributed by atoms with van der Waals surface area (Å²) in [5, 5.41) is 11.1. The number of carbonyl (C=O) groups is 1. The fraction of sp³-hybridized carbons (Fsp3) is 0.235. The molecule has 1 N–H and O–H groups in total. The minimum atomic E-state index is -0.233. The number of benzene rings is 1.